The number of hydrogen-bond donors (Lipinski definition) is 2. The molecular weight excluding hydrogens is 365 g/mol. The van der Waals surface area contributed by atoms with Crippen LogP contribution < -0.4 is 11.1 Å². The van der Waals surface area contributed by atoms with Gasteiger partial charge >= 0.3 is 0 Å². The van der Waals surface area contributed by atoms with E-state index in [0.29, 0.717) is 5.96 Å². The fourth-order valence-electron chi connectivity index (χ4n) is 1.94. The largest absolute Gasteiger partial charge is 0.370 e. The van der Waals surface area contributed by atoms with Crippen LogP contribution in [0.5, 0.6) is 0 Å². The lowest BCUT2D eigenvalue weighted by Gasteiger charge is -2.06. The summed E-state index contributed by atoms with van der Waals surface area (Å²) in [6.45, 7) is 4.62. The fraction of sp³-hybridized carbons (Fsp3) is 0.429. The summed E-state index contributed by atoms with van der Waals surface area (Å²) < 4.78 is 2.16. The van der Waals surface area contributed by atoms with Gasteiger partial charge in [-0.05, 0) is 25.0 Å². The number of hydrogen-bond acceptors (Lipinski definition) is 2. The summed E-state index contributed by atoms with van der Waals surface area (Å²) in [5, 5.41) is 3.12. The van der Waals surface area contributed by atoms with Gasteiger partial charge in [0.05, 0.1) is 17.4 Å². The molecule has 0 saturated heterocycles. The molecule has 0 aliphatic rings. The van der Waals surface area contributed by atoms with Crippen LogP contribution in [0.25, 0.3) is 11.0 Å². The van der Waals surface area contributed by atoms with Crippen LogP contribution in [0, 0.1) is 0 Å². The molecule has 0 amide bonds. The summed E-state index contributed by atoms with van der Waals surface area (Å²) in [5.74, 6) is 0.539. The van der Waals surface area contributed by atoms with Crippen molar-refractivity contribution in [1.29, 1.82) is 0 Å². The van der Waals surface area contributed by atoms with Crippen LogP contribution in [0.15, 0.2) is 35.6 Å². The molecule has 2 rings (SSSR count). The zero-order valence-electron chi connectivity index (χ0n) is 11.7. The molecule has 0 aliphatic carbocycles. The Hall–Kier alpha value is -1.31. The first-order chi connectivity index (χ1) is 9.31. The van der Waals surface area contributed by atoms with Crippen LogP contribution in [-0.4, -0.2) is 28.6 Å². The maximum Gasteiger partial charge on any atom is 0.188 e. The first-order valence-corrected chi connectivity index (χ1v) is 6.75. The molecule has 0 saturated carbocycles. The normalized spacial score (nSPS) is 11.3. The Morgan fingerprint density at radius 1 is 1.40 bits per heavy atom. The Bertz CT molecular complexity index is 549. The number of aromatic nitrogens is 2. The van der Waals surface area contributed by atoms with E-state index in [1.807, 2.05) is 24.5 Å². The fourth-order valence-corrected chi connectivity index (χ4v) is 1.94. The van der Waals surface area contributed by atoms with Gasteiger partial charge in [0.1, 0.15) is 0 Å². The van der Waals surface area contributed by atoms with Gasteiger partial charge in [0.25, 0.3) is 0 Å². The number of guanidine groups is 1. The van der Waals surface area contributed by atoms with Crippen LogP contribution in [0.1, 0.15) is 19.8 Å². The average molecular weight is 387 g/mol. The second kappa shape index (κ2) is 8.78. The highest BCUT2D eigenvalue weighted by Crippen LogP contribution is 2.11. The molecule has 0 atom stereocenters. The van der Waals surface area contributed by atoms with Crippen LogP contribution in [0.3, 0.4) is 0 Å². The number of fused-ring (bicyclic) bond motifs is 1. The van der Waals surface area contributed by atoms with Crippen molar-refractivity contribution in [2.75, 3.05) is 13.1 Å². The minimum atomic E-state index is 0. The average Bonchev–Trinajstić information content (AvgIpc) is 2.85. The van der Waals surface area contributed by atoms with Crippen molar-refractivity contribution in [2.45, 2.75) is 26.3 Å². The number of imidazole rings is 1. The lowest BCUT2D eigenvalue weighted by molar-refractivity contribution is 0.642. The number of benzene rings is 1. The zero-order chi connectivity index (χ0) is 13.5. The molecule has 0 bridgehead atoms. The molecule has 0 radical (unpaired) electrons. The van der Waals surface area contributed by atoms with Gasteiger partial charge in [0.15, 0.2) is 5.96 Å². The van der Waals surface area contributed by atoms with Gasteiger partial charge in [-0.3, -0.25) is 4.99 Å². The Morgan fingerprint density at radius 3 is 3.00 bits per heavy atom. The first-order valence-electron chi connectivity index (χ1n) is 6.75. The van der Waals surface area contributed by atoms with Crippen molar-refractivity contribution in [3.8, 4) is 0 Å². The maximum atomic E-state index is 5.73. The second-order valence-electron chi connectivity index (χ2n) is 4.47. The number of aliphatic imine (C=N–C) groups is 1. The van der Waals surface area contributed by atoms with Crippen LogP contribution >= 0.6 is 24.0 Å². The minimum absolute atomic E-state index is 0. The molecule has 1 aromatic heterocycles. The Labute approximate surface area is 136 Å². The van der Waals surface area contributed by atoms with Crippen molar-refractivity contribution < 1.29 is 0 Å². The van der Waals surface area contributed by atoms with E-state index in [4.69, 9.17) is 5.73 Å². The van der Waals surface area contributed by atoms with Gasteiger partial charge in [-0.2, -0.15) is 0 Å². The predicted octanol–water partition coefficient (Wildman–Crippen LogP) is 2.36. The number of nitrogens with one attached hydrogen (secondary N) is 1. The van der Waals surface area contributed by atoms with Crippen molar-refractivity contribution in [3.05, 3.63) is 30.6 Å². The molecule has 0 spiro atoms. The molecule has 5 nitrogen and oxygen atoms in total. The summed E-state index contributed by atoms with van der Waals surface area (Å²) in [6, 6.07) is 8.16. The number of aryl methyl sites for hydroxylation is 1. The molecule has 20 heavy (non-hydrogen) atoms. The van der Waals surface area contributed by atoms with Crippen LogP contribution in [0.2, 0.25) is 0 Å². The zero-order valence-corrected chi connectivity index (χ0v) is 14.1. The summed E-state index contributed by atoms with van der Waals surface area (Å²) in [7, 11) is 0. The van der Waals surface area contributed by atoms with Crippen molar-refractivity contribution in [1.82, 2.24) is 14.9 Å². The monoisotopic (exact) mass is 387 g/mol. The van der Waals surface area contributed by atoms with E-state index in [1.165, 1.54) is 5.52 Å². The van der Waals surface area contributed by atoms with E-state index < -0.39 is 0 Å². The molecule has 2 aromatic rings. The van der Waals surface area contributed by atoms with E-state index in [2.05, 4.69) is 32.9 Å². The third-order valence-electron chi connectivity index (χ3n) is 2.92. The van der Waals surface area contributed by atoms with Gasteiger partial charge in [-0.25, -0.2) is 4.98 Å². The quantitative estimate of drug-likeness (QED) is 0.346. The summed E-state index contributed by atoms with van der Waals surface area (Å²) >= 11 is 0. The van der Waals surface area contributed by atoms with Gasteiger partial charge in [0, 0.05) is 19.6 Å². The minimum Gasteiger partial charge on any atom is -0.370 e. The first kappa shape index (κ1) is 16.7. The Morgan fingerprint density at radius 2 is 2.20 bits per heavy atom. The molecular formula is C14H22IN5. The second-order valence-corrected chi connectivity index (χ2v) is 4.47. The number of nitrogens with two attached hydrogens (primary N) is 1. The molecule has 6 heteroatoms. The van der Waals surface area contributed by atoms with Gasteiger partial charge in [-0.1, -0.05) is 19.1 Å². The van der Waals surface area contributed by atoms with E-state index in [-0.39, 0.29) is 24.0 Å². The van der Waals surface area contributed by atoms with Gasteiger partial charge in [-0.15, -0.1) is 24.0 Å². The highest BCUT2D eigenvalue weighted by Gasteiger charge is 2.00. The molecule has 1 aromatic carbocycles. The molecule has 1 heterocycles. The smallest absolute Gasteiger partial charge is 0.188 e. The van der Waals surface area contributed by atoms with Gasteiger partial charge < -0.3 is 15.6 Å². The topological polar surface area (TPSA) is 68.2 Å². The van der Waals surface area contributed by atoms with Crippen LogP contribution in [-0.2, 0) is 6.54 Å². The Balaban J connectivity index is 0.00000200. The summed E-state index contributed by atoms with van der Waals surface area (Å²) in [6.07, 6.45) is 3.89. The molecule has 3 N–H and O–H groups in total. The predicted molar refractivity (Wildman–Crippen MR) is 94.5 cm³/mol. The number of para-hydroxylation sites is 2. The molecule has 110 valence electrons. The van der Waals surface area contributed by atoms with E-state index in [1.54, 1.807) is 0 Å². The van der Waals surface area contributed by atoms with E-state index in [9.17, 15) is 0 Å². The van der Waals surface area contributed by atoms with Gasteiger partial charge in [0.2, 0.25) is 0 Å². The Kier molecular flexibility index (Phi) is 7.35. The lowest BCUT2D eigenvalue weighted by Crippen LogP contribution is -2.32. The lowest BCUT2D eigenvalue weighted by atomic mass is 10.3. The number of nitrogens with zero attached hydrogens (tertiary/aromatic N) is 3. The molecule has 0 unspecified atom stereocenters. The van der Waals surface area contributed by atoms with Crippen LogP contribution in [0.4, 0.5) is 0 Å². The molecule has 0 aliphatic heterocycles. The summed E-state index contributed by atoms with van der Waals surface area (Å²) in [4.78, 5) is 8.56. The molecule has 0 fully saturated rings. The summed E-state index contributed by atoms with van der Waals surface area (Å²) in [5.41, 5.74) is 7.95. The van der Waals surface area contributed by atoms with Crippen molar-refractivity contribution in [3.63, 3.8) is 0 Å². The highest BCUT2D eigenvalue weighted by atomic mass is 127. The third-order valence-corrected chi connectivity index (χ3v) is 2.92. The van der Waals surface area contributed by atoms with Crippen molar-refractivity contribution >= 4 is 41.0 Å². The SMILES string of the molecule is CCCN=C(N)NCCCn1cnc2ccccc21.I. The van der Waals surface area contributed by atoms with E-state index in [0.717, 1.165) is 38.0 Å². The van der Waals surface area contributed by atoms with Crippen molar-refractivity contribution in [2.24, 2.45) is 10.7 Å². The highest BCUT2D eigenvalue weighted by molar-refractivity contribution is 14.0. The third kappa shape index (κ3) is 4.66. The standard InChI is InChI=1S/C14H21N5.HI/c1-2-8-16-14(15)17-9-5-10-19-11-18-12-6-3-4-7-13(12)19;/h3-4,6-7,11H,2,5,8-10H2,1H3,(H3,15,16,17);1H. The number of halogens is 1. The number of rotatable bonds is 6. The van der Waals surface area contributed by atoms with E-state index >= 15 is 0 Å². The maximum absolute atomic E-state index is 5.73.